The molecule has 1 aromatic heterocycles. The van der Waals surface area contributed by atoms with E-state index >= 15 is 0 Å². The molecular weight excluding hydrogens is 270 g/mol. The van der Waals surface area contributed by atoms with Gasteiger partial charge in [0.25, 0.3) is 0 Å². The van der Waals surface area contributed by atoms with Crippen LogP contribution in [-0.2, 0) is 9.59 Å². The van der Waals surface area contributed by atoms with Crippen LogP contribution in [0.1, 0.15) is 19.8 Å². The number of carboxylic acid groups (broad SMARTS) is 1. The second-order valence-corrected chi connectivity index (χ2v) is 5.21. The molecule has 1 aliphatic carbocycles. The van der Waals surface area contributed by atoms with Crippen LogP contribution in [0.15, 0.2) is 12.3 Å². The quantitative estimate of drug-likeness (QED) is 0.826. The number of nitrogens with one attached hydrogen (secondary N) is 1. The molecule has 1 aromatic rings. The van der Waals surface area contributed by atoms with Gasteiger partial charge in [-0.05, 0) is 24.8 Å². The lowest BCUT2D eigenvalue weighted by atomic mass is 9.95. The lowest BCUT2D eigenvalue weighted by molar-refractivity contribution is -0.145. The third kappa shape index (κ3) is 3.20. The maximum absolute atomic E-state index is 12.1. The highest BCUT2D eigenvalue weighted by Crippen LogP contribution is 2.36. The zero-order valence-electron chi connectivity index (χ0n) is 10.3. The molecule has 1 saturated carbocycles. The minimum atomic E-state index is -0.934. The molecule has 7 heteroatoms. The topological polar surface area (TPSA) is 92.2 Å². The van der Waals surface area contributed by atoms with Gasteiger partial charge in [-0.15, -0.1) is 0 Å². The highest BCUT2D eigenvalue weighted by atomic mass is 35.5. The number of hydrogen-bond donors (Lipinski definition) is 2. The molecule has 0 bridgehead atoms. The fraction of sp³-hybridized carbons (Fsp3) is 0.500. The van der Waals surface area contributed by atoms with Crippen molar-refractivity contribution in [2.24, 2.45) is 17.8 Å². The molecule has 3 atom stereocenters. The Morgan fingerprint density at radius 3 is 2.74 bits per heavy atom. The maximum atomic E-state index is 12.1. The van der Waals surface area contributed by atoms with E-state index in [0.717, 1.165) is 0 Å². The largest absolute Gasteiger partial charge is 0.481 e. The molecule has 0 aromatic carbocycles. The Hall–Kier alpha value is -1.69. The predicted molar refractivity (Wildman–Crippen MR) is 68.7 cm³/mol. The monoisotopic (exact) mass is 283 g/mol. The number of aliphatic carboxylic acids is 1. The zero-order valence-corrected chi connectivity index (χ0v) is 11.1. The maximum Gasteiger partial charge on any atom is 0.307 e. The molecule has 19 heavy (non-hydrogen) atoms. The van der Waals surface area contributed by atoms with Gasteiger partial charge in [-0.25, -0.2) is 9.97 Å². The van der Waals surface area contributed by atoms with Crippen LogP contribution in [0.3, 0.4) is 0 Å². The molecule has 2 rings (SSSR count). The number of rotatable bonds is 3. The fourth-order valence-electron chi connectivity index (χ4n) is 2.45. The average Bonchev–Trinajstić information content (AvgIpc) is 2.71. The Kier molecular flexibility index (Phi) is 3.99. The van der Waals surface area contributed by atoms with E-state index in [2.05, 4.69) is 15.3 Å². The van der Waals surface area contributed by atoms with Crippen molar-refractivity contribution in [3.63, 3.8) is 0 Å². The first kappa shape index (κ1) is 13.7. The van der Waals surface area contributed by atoms with Gasteiger partial charge in [0, 0.05) is 6.20 Å². The summed E-state index contributed by atoms with van der Waals surface area (Å²) in [5.74, 6) is -2.17. The summed E-state index contributed by atoms with van der Waals surface area (Å²) in [4.78, 5) is 30.9. The Morgan fingerprint density at radius 2 is 2.11 bits per heavy atom. The van der Waals surface area contributed by atoms with Crippen molar-refractivity contribution in [1.29, 1.82) is 0 Å². The number of halogens is 1. The number of carbonyl (C=O) groups excluding carboxylic acids is 1. The molecule has 3 unspecified atom stereocenters. The molecule has 1 fully saturated rings. The van der Waals surface area contributed by atoms with Gasteiger partial charge in [0.15, 0.2) is 0 Å². The van der Waals surface area contributed by atoms with Crippen LogP contribution >= 0.6 is 11.6 Å². The number of nitrogens with zero attached hydrogens (tertiary/aromatic N) is 2. The van der Waals surface area contributed by atoms with Crippen molar-refractivity contribution >= 4 is 29.4 Å². The zero-order chi connectivity index (χ0) is 14.0. The van der Waals surface area contributed by atoms with Crippen molar-refractivity contribution in [1.82, 2.24) is 9.97 Å². The van der Waals surface area contributed by atoms with Crippen molar-refractivity contribution in [2.75, 3.05) is 5.32 Å². The second-order valence-electron chi connectivity index (χ2n) is 4.82. The first-order valence-corrected chi connectivity index (χ1v) is 6.37. The van der Waals surface area contributed by atoms with E-state index in [1.165, 1.54) is 12.3 Å². The van der Waals surface area contributed by atoms with Gasteiger partial charge in [-0.3, -0.25) is 14.9 Å². The number of carboxylic acids is 1. The minimum Gasteiger partial charge on any atom is -0.481 e. The van der Waals surface area contributed by atoms with Crippen LogP contribution in [-0.4, -0.2) is 27.0 Å². The first-order valence-electron chi connectivity index (χ1n) is 5.99. The molecule has 6 nitrogen and oxygen atoms in total. The van der Waals surface area contributed by atoms with E-state index in [0.29, 0.717) is 12.8 Å². The van der Waals surface area contributed by atoms with Crippen LogP contribution in [0, 0.1) is 17.8 Å². The van der Waals surface area contributed by atoms with Crippen LogP contribution in [0.4, 0.5) is 5.95 Å². The summed E-state index contributed by atoms with van der Waals surface area (Å²) in [6.45, 7) is 1.94. The van der Waals surface area contributed by atoms with E-state index in [4.69, 9.17) is 16.7 Å². The number of anilines is 1. The van der Waals surface area contributed by atoms with E-state index in [1.54, 1.807) is 0 Å². The summed E-state index contributed by atoms with van der Waals surface area (Å²) in [5.41, 5.74) is 0. The molecule has 1 aliphatic rings. The lowest BCUT2D eigenvalue weighted by Gasteiger charge is -2.14. The van der Waals surface area contributed by atoms with Crippen LogP contribution in [0.5, 0.6) is 0 Å². The molecule has 2 N–H and O–H groups in total. The van der Waals surface area contributed by atoms with Gasteiger partial charge in [0.1, 0.15) is 5.15 Å². The predicted octanol–water partition coefficient (Wildman–Crippen LogP) is 1.82. The smallest absolute Gasteiger partial charge is 0.307 e. The van der Waals surface area contributed by atoms with E-state index in [9.17, 15) is 9.59 Å². The van der Waals surface area contributed by atoms with Gasteiger partial charge < -0.3 is 5.11 Å². The Morgan fingerprint density at radius 1 is 1.42 bits per heavy atom. The summed E-state index contributed by atoms with van der Waals surface area (Å²) in [7, 11) is 0. The molecular formula is C12H14ClN3O3. The van der Waals surface area contributed by atoms with Gasteiger partial charge >= 0.3 is 5.97 Å². The Bertz CT molecular complexity index is 509. The van der Waals surface area contributed by atoms with E-state index in [-0.39, 0.29) is 22.9 Å². The molecule has 0 aliphatic heterocycles. The van der Waals surface area contributed by atoms with Crippen molar-refractivity contribution in [3.8, 4) is 0 Å². The lowest BCUT2D eigenvalue weighted by Crippen LogP contribution is -2.30. The summed E-state index contributed by atoms with van der Waals surface area (Å²) in [6.07, 6.45) is 2.50. The minimum absolute atomic E-state index is 0.0983. The highest BCUT2D eigenvalue weighted by molar-refractivity contribution is 6.29. The Labute approximate surface area is 115 Å². The van der Waals surface area contributed by atoms with E-state index < -0.39 is 17.8 Å². The molecule has 0 spiro atoms. The number of aromatic nitrogens is 2. The number of amides is 1. The molecule has 0 saturated heterocycles. The van der Waals surface area contributed by atoms with Crippen molar-refractivity contribution < 1.29 is 14.7 Å². The van der Waals surface area contributed by atoms with Gasteiger partial charge in [0.2, 0.25) is 11.9 Å². The normalized spacial score (nSPS) is 26.1. The molecule has 0 radical (unpaired) electrons. The standard InChI is InChI=1S/C12H14ClN3O3/c1-6-4-7(8(5-6)11(18)19)10(17)16-12-14-3-2-9(13)15-12/h2-3,6-8H,4-5H2,1H3,(H,18,19)(H,14,15,16,17). The van der Waals surface area contributed by atoms with Crippen molar-refractivity contribution in [2.45, 2.75) is 19.8 Å². The SMILES string of the molecule is CC1CC(C(=O)O)C(C(=O)Nc2nccc(Cl)n2)C1. The number of carbonyl (C=O) groups is 2. The van der Waals surface area contributed by atoms with Crippen molar-refractivity contribution in [3.05, 3.63) is 17.4 Å². The van der Waals surface area contributed by atoms with Gasteiger partial charge in [-0.1, -0.05) is 18.5 Å². The molecule has 1 amide bonds. The summed E-state index contributed by atoms with van der Waals surface area (Å²) in [6, 6.07) is 1.49. The summed E-state index contributed by atoms with van der Waals surface area (Å²) in [5, 5.41) is 11.9. The van der Waals surface area contributed by atoms with E-state index in [1.807, 2.05) is 6.92 Å². The fourth-order valence-corrected chi connectivity index (χ4v) is 2.59. The molecule has 1 heterocycles. The van der Waals surface area contributed by atoms with Crippen LogP contribution < -0.4 is 5.32 Å². The second kappa shape index (κ2) is 5.52. The Balaban J connectivity index is 2.09. The number of hydrogen-bond acceptors (Lipinski definition) is 4. The van der Waals surface area contributed by atoms with Crippen LogP contribution in [0.25, 0.3) is 0 Å². The summed E-state index contributed by atoms with van der Waals surface area (Å²) < 4.78 is 0. The third-order valence-electron chi connectivity index (χ3n) is 3.31. The summed E-state index contributed by atoms with van der Waals surface area (Å²) >= 11 is 5.69. The molecule has 102 valence electrons. The highest BCUT2D eigenvalue weighted by Gasteiger charge is 2.41. The third-order valence-corrected chi connectivity index (χ3v) is 3.52. The average molecular weight is 284 g/mol. The van der Waals surface area contributed by atoms with Gasteiger partial charge in [0.05, 0.1) is 11.8 Å². The first-order chi connectivity index (χ1) is 8.97. The van der Waals surface area contributed by atoms with Crippen LogP contribution in [0.2, 0.25) is 5.15 Å². The van der Waals surface area contributed by atoms with Gasteiger partial charge in [-0.2, -0.15) is 0 Å².